The van der Waals surface area contributed by atoms with E-state index in [4.69, 9.17) is 4.74 Å². The first-order valence-corrected chi connectivity index (χ1v) is 5.22. The molecule has 0 saturated carbocycles. The lowest BCUT2D eigenvalue weighted by molar-refractivity contribution is -0.138. The molecule has 16 heavy (non-hydrogen) atoms. The van der Waals surface area contributed by atoms with Crippen molar-refractivity contribution in [1.29, 1.82) is 0 Å². The fourth-order valence-corrected chi connectivity index (χ4v) is 1.35. The molecular formula is C9H12BrN3O3. The van der Waals surface area contributed by atoms with Crippen molar-refractivity contribution >= 4 is 27.8 Å². The molecule has 6 nitrogen and oxygen atoms in total. The summed E-state index contributed by atoms with van der Waals surface area (Å²) in [6.45, 7) is 0.0846. The van der Waals surface area contributed by atoms with Crippen LogP contribution in [0.25, 0.3) is 0 Å². The van der Waals surface area contributed by atoms with Crippen molar-refractivity contribution in [3.63, 3.8) is 0 Å². The van der Waals surface area contributed by atoms with Gasteiger partial charge in [0.05, 0.1) is 24.9 Å². The SMILES string of the molecule is COC(=O)CN(C)c1ncc(Br)c(OC)n1. The second-order valence-electron chi connectivity index (χ2n) is 2.96. The number of nitrogens with zero attached hydrogens (tertiary/aromatic N) is 3. The fraction of sp³-hybridized carbons (Fsp3) is 0.444. The quantitative estimate of drug-likeness (QED) is 0.766. The highest BCUT2D eigenvalue weighted by Crippen LogP contribution is 2.22. The Kier molecular flexibility index (Phi) is 4.48. The molecule has 1 aromatic heterocycles. The van der Waals surface area contributed by atoms with Crippen LogP contribution in [-0.2, 0) is 9.53 Å². The number of esters is 1. The molecule has 1 rings (SSSR count). The first-order chi connectivity index (χ1) is 7.58. The van der Waals surface area contributed by atoms with Crippen LogP contribution < -0.4 is 9.64 Å². The van der Waals surface area contributed by atoms with Crippen LogP contribution in [0.5, 0.6) is 5.88 Å². The number of hydrogen-bond acceptors (Lipinski definition) is 6. The lowest BCUT2D eigenvalue weighted by atomic mass is 10.5. The van der Waals surface area contributed by atoms with Gasteiger partial charge in [0.1, 0.15) is 6.54 Å². The lowest BCUT2D eigenvalue weighted by Gasteiger charge is -2.15. The summed E-state index contributed by atoms with van der Waals surface area (Å²) >= 11 is 3.24. The van der Waals surface area contributed by atoms with Gasteiger partial charge in [-0.15, -0.1) is 0 Å². The monoisotopic (exact) mass is 289 g/mol. The molecule has 0 aromatic carbocycles. The minimum Gasteiger partial charge on any atom is -0.480 e. The summed E-state index contributed by atoms with van der Waals surface area (Å²) in [5.74, 6) is 0.458. The zero-order chi connectivity index (χ0) is 12.1. The van der Waals surface area contributed by atoms with E-state index in [1.165, 1.54) is 14.2 Å². The summed E-state index contributed by atoms with van der Waals surface area (Å²) in [6, 6.07) is 0. The predicted octanol–water partition coefficient (Wildman–Crippen LogP) is 0.857. The first-order valence-electron chi connectivity index (χ1n) is 4.43. The number of aromatic nitrogens is 2. The van der Waals surface area contributed by atoms with E-state index >= 15 is 0 Å². The highest BCUT2D eigenvalue weighted by Gasteiger charge is 2.12. The number of rotatable bonds is 4. The molecule has 0 aliphatic rings. The Balaban J connectivity index is 2.83. The molecule has 0 N–H and O–H groups in total. The topological polar surface area (TPSA) is 64.5 Å². The van der Waals surface area contributed by atoms with E-state index in [1.54, 1.807) is 18.1 Å². The number of halogens is 1. The van der Waals surface area contributed by atoms with E-state index in [2.05, 4.69) is 30.6 Å². The van der Waals surface area contributed by atoms with Gasteiger partial charge < -0.3 is 14.4 Å². The molecule has 88 valence electrons. The Morgan fingerprint density at radius 3 is 2.81 bits per heavy atom. The Bertz CT molecular complexity index is 386. The van der Waals surface area contributed by atoms with Crippen molar-refractivity contribution < 1.29 is 14.3 Å². The van der Waals surface area contributed by atoms with E-state index in [0.717, 1.165) is 0 Å². The second kappa shape index (κ2) is 5.64. The third-order valence-electron chi connectivity index (χ3n) is 1.83. The van der Waals surface area contributed by atoms with Crippen LogP contribution in [0.3, 0.4) is 0 Å². The highest BCUT2D eigenvalue weighted by molar-refractivity contribution is 9.10. The smallest absolute Gasteiger partial charge is 0.325 e. The number of methoxy groups -OCH3 is 2. The average molecular weight is 290 g/mol. The molecule has 1 heterocycles. The van der Waals surface area contributed by atoms with Gasteiger partial charge in [0, 0.05) is 7.05 Å². The second-order valence-corrected chi connectivity index (χ2v) is 3.81. The molecule has 0 radical (unpaired) electrons. The van der Waals surface area contributed by atoms with E-state index < -0.39 is 0 Å². The van der Waals surface area contributed by atoms with Crippen LogP contribution in [0, 0.1) is 0 Å². The third kappa shape index (κ3) is 3.06. The van der Waals surface area contributed by atoms with Crippen LogP contribution in [0.15, 0.2) is 10.7 Å². The summed E-state index contributed by atoms with van der Waals surface area (Å²) in [5, 5.41) is 0. The van der Waals surface area contributed by atoms with Crippen molar-refractivity contribution in [2.75, 3.05) is 32.7 Å². The molecule has 0 saturated heterocycles. The van der Waals surface area contributed by atoms with Gasteiger partial charge in [0.15, 0.2) is 0 Å². The van der Waals surface area contributed by atoms with Crippen LogP contribution in [0.1, 0.15) is 0 Å². The number of likely N-dealkylation sites (N-methyl/N-ethyl adjacent to an activating group) is 1. The van der Waals surface area contributed by atoms with Gasteiger partial charge in [0.25, 0.3) is 0 Å². The van der Waals surface area contributed by atoms with Gasteiger partial charge in [-0.25, -0.2) is 4.98 Å². The largest absolute Gasteiger partial charge is 0.480 e. The molecular weight excluding hydrogens is 278 g/mol. The number of carbonyl (C=O) groups is 1. The first kappa shape index (κ1) is 12.7. The van der Waals surface area contributed by atoms with Gasteiger partial charge in [-0.2, -0.15) is 4.98 Å². The maximum atomic E-state index is 11.1. The zero-order valence-corrected chi connectivity index (χ0v) is 10.8. The number of carbonyl (C=O) groups excluding carboxylic acids is 1. The van der Waals surface area contributed by atoms with Gasteiger partial charge in [0.2, 0.25) is 11.8 Å². The maximum absolute atomic E-state index is 11.1. The molecule has 7 heteroatoms. The van der Waals surface area contributed by atoms with Crippen LogP contribution in [-0.4, -0.2) is 43.7 Å². The Morgan fingerprint density at radius 2 is 2.25 bits per heavy atom. The van der Waals surface area contributed by atoms with Crippen molar-refractivity contribution in [2.45, 2.75) is 0 Å². The van der Waals surface area contributed by atoms with Crippen LogP contribution in [0.2, 0.25) is 0 Å². The molecule has 0 spiro atoms. The molecule has 0 bridgehead atoms. The van der Waals surface area contributed by atoms with Crippen molar-refractivity contribution in [2.24, 2.45) is 0 Å². The molecule has 0 unspecified atom stereocenters. The van der Waals surface area contributed by atoms with Gasteiger partial charge >= 0.3 is 5.97 Å². The maximum Gasteiger partial charge on any atom is 0.325 e. The van der Waals surface area contributed by atoms with Gasteiger partial charge in [-0.3, -0.25) is 4.79 Å². The van der Waals surface area contributed by atoms with E-state index in [1.807, 2.05) is 0 Å². The van der Waals surface area contributed by atoms with Gasteiger partial charge in [-0.05, 0) is 15.9 Å². The Morgan fingerprint density at radius 1 is 1.56 bits per heavy atom. The summed E-state index contributed by atoms with van der Waals surface area (Å²) in [4.78, 5) is 20.8. The normalized spacial score (nSPS) is 9.75. The molecule has 0 aliphatic heterocycles. The Hall–Kier alpha value is -1.37. The molecule has 0 aliphatic carbocycles. The predicted molar refractivity (Wildman–Crippen MR) is 61.6 cm³/mol. The summed E-state index contributed by atoms with van der Waals surface area (Å²) < 4.78 is 10.2. The summed E-state index contributed by atoms with van der Waals surface area (Å²) in [7, 11) is 4.54. The average Bonchev–Trinajstić information content (AvgIpc) is 2.29. The minimum atomic E-state index is -0.354. The highest BCUT2D eigenvalue weighted by atomic mass is 79.9. The van der Waals surface area contributed by atoms with Crippen LogP contribution >= 0.6 is 15.9 Å². The molecule has 0 atom stereocenters. The van der Waals surface area contributed by atoms with Crippen molar-refractivity contribution in [3.8, 4) is 5.88 Å². The zero-order valence-electron chi connectivity index (χ0n) is 9.23. The summed E-state index contributed by atoms with van der Waals surface area (Å²) in [6.07, 6.45) is 1.56. The number of anilines is 1. The molecule has 0 amide bonds. The fourth-order valence-electron chi connectivity index (χ4n) is 0.999. The van der Waals surface area contributed by atoms with E-state index in [9.17, 15) is 4.79 Å². The standard InChI is InChI=1S/C9H12BrN3O3/c1-13(5-7(14)15-2)9-11-4-6(10)8(12-9)16-3/h4H,5H2,1-3H3. The lowest BCUT2D eigenvalue weighted by Crippen LogP contribution is -2.28. The number of ether oxygens (including phenoxy) is 2. The van der Waals surface area contributed by atoms with E-state index in [0.29, 0.717) is 16.3 Å². The van der Waals surface area contributed by atoms with Crippen molar-refractivity contribution in [1.82, 2.24) is 9.97 Å². The minimum absolute atomic E-state index is 0.0846. The number of hydrogen-bond donors (Lipinski definition) is 0. The van der Waals surface area contributed by atoms with Crippen molar-refractivity contribution in [3.05, 3.63) is 10.7 Å². The summed E-state index contributed by atoms with van der Waals surface area (Å²) in [5.41, 5.74) is 0. The molecule has 1 aromatic rings. The van der Waals surface area contributed by atoms with E-state index in [-0.39, 0.29) is 12.5 Å². The Labute approximate surface area is 102 Å². The van der Waals surface area contributed by atoms with Crippen LogP contribution in [0.4, 0.5) is 5.95 Å². The van der Waals surface area contributed by atoms with Gasteiger partial charge in [-0.1, -0.05) is 0 Å². The molecule has 0 fully saturated rings. The third-order valence-corrected chi connectivity index (χ3v) is 2.37.